The number of halogens is 1. The number of hydrogen-bond acceptors (Lipinski definition) is 5. The van der Waals surface area contributed by atoms with Crippen LogP contribution in [0.25, 0.3) is 22.2 Å². The number of nitrogens with one attached hydrogen (secondary N) is 2. The van der Waals surface area contributed by atoms with Crippen LogP contribution in [0.5, 0.6) is 5.75 Å². The van der Waals surface area contributed by atoms with Crippen LogP contribution in [0.15, 0.2) is 53.5 Å². The molecule has 2 aromatic carbocycles. The lowest BCUT2D eigenvalue weighted by Gasteiger charge is -2.12. The predicted molar refractivity (Wildman–Crippen MR) is 120 cm³/mol. The third kappa shape index (κ3) is 4.28. The Labute approximate surface area is 181 Å². The van der Waals surface area contributed by atoms with Crippen molar-refractivity contribution in [2.75, 3.05) is 18.1 Å². The largest absolute Gasteiger partial charge is 0.593 e. The Kier molecular flexibility index (Phi) is 5.71. The predicted octanol–water partition coefficient (Wildman–Crippen LogP) is 3.60. The molecule has 0 aliphatic carbocycles. The van der Waals surface area contributed by atoms with Crippen molar-refractivity contribution in [2.24, 2.45) is 0 Å². The van der Waals surface area contributed by atoms with E-state index in [2.05, 4.69) is 14.7 Å². The molecule has 0 spiro atoms. The Morgan fingerprint density at radius 3 is 2.65 bits per heavy atom. The number of aryl methyl sites for hydroxylation is 1. The summed E-state index contributed by atoms with van der Waals surface area (Å²) in [5.41, 5.74) is 4.23. The number of pyridine rings is 1. The van der Waals surface area contributed by atoms with Crippen molar-refractivity contribution in [2.45, 2.75) is 13.5 Å². The molecule has 0 radical (unpaired) electrons. The second kappa shape index (κ2) is 8.44. The van der Waals surface area contributed by atoms with E-state index in [-0.39, 0.29) is 17.1 Å². The van der Waals surface area contributed by atoms with E-state index >= 15 is 0 Å². The smallest absolute Gasteiger partial charge is 0.290 e. The molecule has 1 unspecified atom stereocenters. The molecule has 4 aromatic rings. The summed E-state index contributed by atoms with van der Waals surface area (Å²) in [4.78, 5) is 19.2. The first-order chi connectivity index (χ1) is 14.9. The molecular weight excluding hydrogens is 419 g/mol. The number of H-pyrrole nitrogens is 1. The van der Waals surface area contributed by atoms with Crippen LogP contribution in [0.3, 0.4) is 0 Å². The highest BCUT2D eigenvalue weighted by molar-refractivity contribution is 7.92. The molecule has 2 heterocycles. The molecule has 0 saturated heterocycles. The highest BCUT2D eigenvalue weighted by atomic mass is 32.2. The van der Waals surface area contributed by atoms with Gasteiger partial charge >= 0.3 is 0 Å². The maximum absolute atomic E-state index is 13.3. The van der Waals surface area contributed by atoms with E-state index in [0.29, 0.717) is 17.7 Å². The number of benzene rings is 2. The van der Waals surface area contributed by atoms with Gasteiger partial charge in [-0.15, -0.1) is 0 Å². The Hall–Kier alpha value is -3.30. The molecule has 2 N–H and O–H groups in total. The summed E-state index contributed by atoms with van der Waals surface area (Å²) in [6.45, 7) is 2.38. The van der Waals surface area contributed by atoms with Crippen LogP contribution in [-0.4, -0.2) is 32.5 Å². The molecule has 160 valence electrons. The van der Waals surface area contributed by atoms with Crippen LogP contribution in [0, 0.1) is 12.7 Å². The molecule has 1 atom stereocenters. The first-order valence-electron chi connectivity index (χ1n) is 9.48. The minimum Gasteiger partial charge on any atom is -0.593 e. The minimum absolute atomic E-state index is 0.196. The van der Waals surface area contributed by atoms with Crippen LogP contribution < -0.4 is 15.0 Å². The van der Waals surface area contributed by atoms with Gasteiger partial charge in [-0.05, 0) is 48.4 Å². The molecular formula is C22H21FN4O3S. The number of hydrogen-bond donors (Lipinski definition) is 2. The molecule has 2 aromatic heterocycles. The lowest BCUT2D eigenvalue weighted by atomic mass is 10.1. The van der Waals surface area contributed by atoms with Gasteiger partial charge in [0.25, 0.3) is 5.56 Å². The molecule has 0 fully saturated rings. The average molecular weight is 441 g/mol. The number of imidazole rings is 1. The van der Waals surface area contributed by atoms with E-state index in [4.69, 9.17) is 4.74 Å². The summed E-state index contributed by atoms with van der Waals surface area (Å²) in [5, 5.41) is 0. The van der Waals surface area contributed by atoms with Crippen molar-refractivity contribution in [3.05, 3.63) is 76.2 Å². The van der Waals surface area contributed by atoms with Crippen molar-refractivity contribution < 1.29 is 13.7 Å². The van der Waals surface area contributed by atoms with Gasteiger partial charge in [-0.1, -0.05) is 12.1 Å². The number of anilines is 1. The number of nitrogens with zero attached hydrogens (tertiary/aromatic N) is 2. The van der Waals surface area contributed by atoms with Gasteiger partial charge in [0.1, 0.15) is 29.1 Å². The summed E-state index contributed by atoms with van der Waals surface area (Å²) >= 11 is -1.31. The summed E-state index contributed by atoms with van der Waals surface area (Å²) in [7, 11) is 1.44. The van der Waals surface area contributed by atoms with Crippen molar-refractivity contribution in [1.82, 2.24) is 14.5 Å². The molecule has 4 rings (SSSR count). The number of aromatic nitrogens is 3. The zero-order chi connectivity index (χ0) is 22.1. The fourth-order valence-electron chi connectivity index (χ4n) is 3.49. The number of aromatic amines is 1. The van der Waals surface area contributed by atoms with Crippen LogP contribution in [0.1, 0.15) is 11.4 Å². The molecule has 0 aliphatic heterocycles. The molecule has 0 bridgehead atoms. The van der Waals surface area contributed by atoms with Gasteiger partial charge in [0, 0.05) is 18.3 Å². The zero-order valence-electron chi connectivity index (χ0n) is 17.2. The van der Waals surface area contributed by atoms with Gasteiger partial charge in [0.2, 0.25) is 0 Å². The first-order valence-corrected chi connectivity index (χ1v) is 11.0. The summed E-state index contributed by atoms with van der Waals surface area (Å²) in [6, 6.07) is 11.8. The van der Waals surface area contributed by atoms with Crippen LogP contribution in [-0.2, 0) is 17.9 Å². The van der Waals surface area contributed by atoms with Crippen LogP contribution in [0.4, 0.5) is 10.1 Å². The Balaban J connectivity index is 1.89. The van der Waals surface area contributed by atoms with Crippen LogP contribution >= 0.6 is 0 Å². The first kappa shape index (κ1) is 21.0. The fraction of sp³-hybridized carbons (Fsp3) is 0.182. The van der Waals surface area contributed by atoms with Crippen molar-refractivity contribution in [3.63, 3.8) is 0 Å². The maximum Gasteiger partial charge on any atom is 0.290 e. The standard InChI is InChI=1S/C22H21FN4O3S/c1-13-25-21-18(26-31(3)29)8-15(16-10-20(30-2)22(28)24-11-16)9-19(21)27(13)12-14-4-6-17(23)7-5-14/h4-11,26H,12H2,1-3H3,(H,24,28). The van der Waals surface area contributed by atoms with Gasteiger partial charge < -0.3 is 18.8 Å². The van der Waals surface area contributed by atoms with E-state index in [0.717, 1.165) is 28.0 Å². The third-order valence-corrected chi connectivity index (χ3v) is 5.48. The quantitative estimate of drug-likeness (QED) is 0.447. The Bertz CT molecular complexity index is 1300. The van der Waals surface area contributed by atoms with Crippen molar-refractivity contribution in [1.29, 1.82) is 0 Å². The molecule has 9 heteroatoms. The van der Waals surface area contributed by atoms with Gasteiger partial charge in [0.15, 0.2) is 5.75 Å². The molecule has 0 amide bonds. The topological polar surface area (TPSA) is 95.0 Å². The molecule has 7 nitrogen and oxygen atoms in total. The SMILES string of the molecule is COc1cc(-c2cc(N[S+](C)[O-])c3nc(C)n(Cc4ccc(F)cc4)c3c2)c[nH]c1=O. The second-order valence-electron chi connectivity index (χ2n) is 7.11. The number of rotatable bonds is 6. The lowest BCUT2D eigenvalue weighted by molar-refractivity contribution is 0.408. The monoisotopic (exact) mass is 440 g/mol. The summed E-state index contributed by atoms with van der Waals surface area (Å²) in [6.07, 6.45) is 3.15. The van der Waals surface area contributed by atoms with Crippen LogP contribution in [0.2, 0.25) is 0 Å². The van der Waals surface area contributed by atoms with E-state index in [9.17, 15) is 13.7 Å². The third-order valence-electron chi connectivity index (χ3n) is 4.97. The number of fused-ring (bicyclic) bond motifs is 1. The van der Waals surface area contributed by atoms with Gasteiger partial charge in [-0.3, -0.25) is 4.79 Å². The van der Waals surface area contributed by atoms with Gasteiger partial charge in [-0.2, -0.15) is 0 Å². The molecule has 31 heavy (non-hydrogen) atoms. The fourth-order valence-corrected chi connectivity index (χ4v) is 3.96. The molecule has 0 aliphatic rings. The maximum atomic E-state index is 13.3. The number of ether oxygens (including phenoxy) is 1. The van der Waals surface area contributed by atoms with E-state index in [1.54, 1.807) is 30.7 Å². The van der Waals surface area contributed by atoms with Crippen molar-refractivity contribution >= 4 is 28.1 Å². The summed E-state index contributed by atoms with van der Waals surface area (Å²) < 4.78 is 35.4. The zero-order valence-corrected chi connectivity index (χ0v) is 18.0. The summed E-state index contributed by atoms with van der Waals surface area (Å²) in [5.74, 6) is 0.671. The van der Waals surface area contributed by atoms with E-state index < -0.39 is 11.4 Å². The lowest BCUT2D eigenvalue weighted by Crippen LogP contribution is -2.10. The second-order valence-corrected chi connectivity index (χ2v) is 8.22. The van der Waals surface area contributed by atoms with Crippen molar-refractivity contribution in [3.8, 4) is 16.9 Å². The highest BCUT2D eigenvalue weighted by Gasteiger charge is 2.17. The van der Waals surface area contributed by atoms with Gasteiger partial charge in [-0.25, -0.2) is 14.1 Å². The Morgan fingerprint density at radius 2 is 1.97 bits per heavy atom. The normalized spacial score (nSPS) is 12.2. The van der Waals surface area contributed by atoms with Gasteiger partial charge in [0.05, 0.1) is 24.0 Å². The molecule has 0 saturated carbocycles. The van der Waals surface area contributed by atoms with E-state index in [1.165, 1.54) is 19.2 Å². The minimum atomic E-state index is -1.31. The number of methoxy groups -OCH3 is 1. The highest BCUT2D eigenvalue weighted by Crippen LogP contribution is 2.32. The Morgan fingerprint density at radius 1 is 1.23 bits per heavy atom. The van der Waals surface area contributed by atoms with E-state index in [1.807, 2.05) is 23.6 Å². The average Bonchev–Trinajstić information content (AvgIpc) is 3.05.